The largest absolute Gasteiger partial charge is 0.474 e. The second-order valence-electron chi connectivity index (χ2n) is 9.73. The summed E-state index contributed by atoms with van der Waals surface area (Å²) in [5.74, 6) is -0.0646. The molecule has 0 aromatic heterocycles. The first kappa shape index (κ1) is 34.0. The quantitative estimate of drug-likeness (QED) is 0.100. The molecule has 0 atom stereocenters. The summed E-state index contributed by atoms with van der Waals surface area (Å²) >= 11 is 0. The van der Waals surface area contributed by atoms with Crippen molar-refractivity contribution in [2.45, 2.75) is 92.9 Å². The smallest absolute Gasteiger partial charge is 0.352 e. The molecule has 214 valence electrons. The van der Waals surface area contributed by atoms with Crippen LogP contribution in [-0.4, -0.2) is 32.3 Å². The summed E-state index contributed by atoms with van der Waals surface area (Å²) in [5, 5.41) is 2.99. The molecule has 0 spiro atoms. The molecule has 1 N–H and O–H groups in total. The second kappa shape index (κ2) is 20.0. The zero-order valence-corrected chi connectivity index (χ0v) is 25.4. The standard InChI is InChI=1S/C31H50NO5P/c1-7-35-38(34,36-8-2)37-25-12-11-24-32-31(33)30-23-10-9-21-29(30)22-15-20-28(6)19-14-18-27(5)17-13-16-26(3)4/h9-10,16,18,20-21,23H,7-8,11-15,17,19,22,24-25H2,1-6H3,(H,32,33)/b27-18+,28-20+. The fourth-order valence-electron chi connectivity index (χ4n) is 3.90. The van der Waals surface area contributed by atoms with Gasteiger partial charge in [0.2, 0.25) is 0 Å². The van der Waals surface area contributed by atoms with Crippen LogP contribution in [0.4, 0.5) is 0 Å². The maximum Gasteiger partial charge on any atom is 0.474 e. The number of carbonyl (C=O) groups is 1. The van der Waals surface area contributed by atoms with Gasteiger partial charge in [-0.3, -0.25) is 18.4 Å². The second-order valence-corrected chi connectivity index (χ2v) is 11.4. The lowest BCUT2D eigenvalue weighted by Crippen LogP contribution is -2.25. The van der Waals surface area contributed by atoms with Crippen molar-refractivity contribution in [3.05, 3.63) is 70.3 Å². The number of amides is 1. The summed E-state index contributed by atoms with van der Waals surface area (Å²) in [6.07, 6.45) is 14.4. The monoisotopic (exact) mass is 547 g/mol. The van der Waals surface area contributed by atoms with Crippen molar-refractivity contribution in [1.82, 2.24) is 5.32 Å². The Hall–Kier alpha value is -1.98. The van der Waals surface area contributed by atoms with E-state index in [4.69, 9.17) is 13.6 Å². The first-order chi connectivity index (χ1) is 18.2. The number of benzene rings is 1. The summed E-state index contributed by atoms with van der Waals surface area (Å²) in [5.41, 5.74) is 6.01. The number of unbranched alkanes of at least 4 members (excludes halogenated alkanes) is 1. The molecule has 0 radical (unpaired) electrons. The topological polar surface area (TPSA) is 73.9 Å². The Balaban J connectivity index is 2.42. The van der Waals surface area contributed by atoms with Crippen LogP contribution in [0.3, 0.4) is 0 Å². The molecule has 7 heteroatoms. The Morgan fingerprint density at radius 3 is 2.08 bits per heavy atom. The number of phosphoric ester groups is 1. The number of hydrogen-bond donors (Lipinski definition) is 1. The minimum atomic E-state index is -3.47. The number of rotatable bonds is 20. The van der Waals surface area contributed by atoms with E-state index in [1.54, 1.807) is 13.8 Å². The Bertz CT molecular complexity index is 953. The lowest BCUT2D eigenvalue weighted by atomic mass is 10.0. The van der Waals surface area contributed by atoms with Crippen LogP contribution in [0.5, 0.6) is 0 Å². The molecule has 1 rings (SSSR count). The molecule has 0 saturated heterocycles. The molecule has 6 nitrogen and oxygen atoms in total. The normalized spacial score (nSPS) is 12.5. The van der Waals surface area contributed by atoms with Crippen LogP contribution >= 0.6 is 7.82 Å². The van der Waals surface area contributed by atoms with Gasteiger partial charge < -0.3 is 5.32 Å². The molecule has 0 aliphatic heterocycles. The van der Waals surface area contributed by atoms with Gasteiger partial charge in [0, 0.05) is 12.1 Å². The predicted octanol–water partition coefficient (Wildman–Crippen LogP) is 8.75. The molecule has 0 fully saturated rings. The lowest BCUT2D eigenvalue weighted by Gasteiger charge is -2.16. The van der Waals surface area contributed by atoms with Gasteiger partial charge in [0.05, 0.1) is 19.8 Å². The van der Waals surface area contributed by atoms with E-state index < -0.39 is 7.82 Å². The van der Waals surface area contributed by atoms with Crippen molar-refractivity contribution in [3.63, 3.8) is 0 Å². The highest BCUT2D eigenvalue weighted by molar-refractivity contribution is 7.48. The van der Waals surface area contributed by atoms with Crippen LogP contribution in [0.15, 0.2) is 59.2 Å². The van der Waals surface area contributed by atoms with E-state index >= 15 is 0 Å². The van der Waals surface area contributed by atoms with Crippen LogP contribution < -0.4 is 5.32 Å². The number of phosphoric acid groups is 1. The maximum atomic E-state index is 12.8. The Labute approximate surface area is 231 Å². The summed E-state index contributed by atoms with van der Waals surface area (Å²) in [6.45, 7) is 13.5. The Kier molecular flexibility index (Phi) is 17.9. The molecule has 38 heavy (non-hydrogen) atoms. The highest BCUT2D eigenvalue weighted by Gasteiger charge is 2.24. The minimum absolute atomic E-state index is 0.0646. The molecule has 0 unspecified atom stereocenters. The molecular weight excluding hydrogens is 497 g/mol. The number of hydrogen-bond acceptors (Lipinski definition) is 5. The Morgan fingerprint density at radius 2 is 1.45 bits per heavy atom. The van der Waals surface area contributed by atoms with E-state index in [0.717, 1.165) is 49.7 Å². The first-order valence-electron chi connectivity index (χ1n) is 14.0. The maximum absolute atomic E-state index is 12.8. The Morgan fingerprint density at radius 1 is 0.842 bits per heavy atom. The third-order valence-electron chi connectivity index (χ3n) is 5.97. The van der Waals surface area contributed by atoms with E-state index in [1.807, 2.05) is 24.3 Å². The van der Waals surface area contributed by atoms with Crippen molar-refractivity contribution < 1.29 is 22.9 Å². The number of aryl methyl sites for hydroxylation is 1. The van der Waals surface area contributed by atoms with Gasteiger partial charge in [0.25, 0.3) is 5.91 Å². The number of carbonyl (C=O) groups excluding carboxylic acids is 1. The molecule has 1 amide bonds. The van der Waals surface area contributed by atoms with Crippen molar-refractivity contribution in [2.24, 2.45) is 0 Å². The van der Waals surface area contributed by atoms with Crippen molar-refractivity contribution in [3.8, 4) is 0 Å². The van der Waals surface area contributed by atoms with Gasteiger partial charge in [-0.2, -0.15) is 0 Å². The molecule has 1 aromatic rings. The average molecular weight is 548 g/mol. The van der Waals surface area contributed by atoms with E-state index in [9.17, 15) is 9.36 Å². The van der Waals surface area contributed by atoms with E-state index in [-0.39, 0.29) is 25.7 Å². The minimum Gasteiger partial charge on any atom is -0.352 e. The summed E-state index contributed by atoms with van der Waals surface area (Å²) in [7, 11) is -3.47. The molecule has 0 saturated carbocycles. The van der Waals surface area contributed by atoms with Gasteiger partial charge in [-0.25, -0.2) is 4.57 Å². The van der Waals surface area contributed by atoms with Crippen molar-refractivity contribution in [1.29, 1.82) is 0 Å². The molecule has 1 aromatic carbocycles. The average Bonchev–Trinajstić information content (AvgIpc) is 2.86. The van der Waals surface area contributed by atoms with Crippen LogP contribution in [0.2, 0.25) is 0 Å². The third kappa shape index (κ3) is 15.4. The highest BCUT2D eigenvalue weighted by atomic mass is 31.2. The van der Waals surface area contributed by atoms with Gasteiger partial charge in [-0.05, 0) is 105 Å². The summed E-state index contributed by atoms with van der Waals surface area (Å²) in [4.78, 5) is 12.8. The molecule has 0 bridgehead atoms. The first-order valence-corrected chi connectivity index (χ1v) is 15.5. The van der Waals surface area contributed by atoms with Gasteiger partial charge >= 0.3 is 7.82 Å². The lowest BCUT2D eigenvalue weighted by molar-refractivity contribution is 0.0947. The van der Waals surface area contributed by atoms with E-state index in [2.05, 4.69) is 51.2 Å². The van der Waals surface area contributed by atoms with Crippen LogP contribution in [-0.2, 0) is 24.6 Å². The summed E-state index contributed by atoms with van der Waals surface area (Å²) in [6, 6.07) is 7.80. The molecule has 0 heterocycles. The molecule has 0 aliphatic rings. The zero-order chi connectivity index (χ0) is 28.2. The zero-order valence-electron chi connectivity index (χ0n) is 24.5. The van der Waals surface area contributed by atoms with Crippen LogP contribution in [0.25, 0.3) is 0 Å². The molecule has 0 aliphatic carbocycles. The SMILES string of the molecule is CCOP(=O)(OCC)OCCCCNC(=O)c1ccccc1CC/C=C(\C)CC/C=C(\C)CCC=C(C)C. The van der Waals surface area contributed by atoms with Crippen LogP contribution in [0.1, 0.15) is 102 Å². The predicted molar refractivity (Wildman–Crippen MR) is 159 cm³/mol. The van der Waals surface area contributed by atoms with E-state index in [0.29, 0.717) is 19.4 Å². The fraction of sp³-hybridized carbons (Fsp3) is 0.581. The molecular formula is C31H50NO5P. The van der Waals surface area contributed by atoms with Gasteiger partial charge in [0.1, 0.15) is 0 Å². The fourth-order valence-corrected chi connectivity index (χ4v) is 5.11. The van der Waals surface area contributed by atoms with Gasteiger partial charge in [0.15, 0.2) is 0 Å². The highest BCUT2D eigenvalue weighted by Crippen LogP contribution is 2.49. The van der Waals surface area contributed by atoms with Crippen molar-refractivity contribution >= 4 is 13.7 Å². The summed E-state index contributed by atoms with van der Waals surface area (Å²) < 4.78 is 27.9. The van der Waals surface area contributed by atoms with Crippen LogP contribution in [0, 0.1) is 0 Å². The van der Waals surface area contributed by atoms with E-state index in [1.165, 1.54) is 16.7 Å². The van der Waals surface area contributed by atoms with Crippen molar-refractivity contribution in [2.75, 3.05) is 26.4 Å². The number of allylic oxidation sites excluding steroid dienone is 6. The third-order valence-corrected chi connectivity index (χ3v) is 7.62. The van der Waals surface area contributed by atoms with Gasteiger partial charge in [-0.1, -0.05) is 53.1 Å². The van der Waals surface area contributed by atoms with Gasteiger partial charge in [-0.15, -0.1) is 0 Å². The number of nitrogens with one attached hydrogen (secondary N) is 1.